The van der Waals surface area contributed by atoms with Gasteiger partial charge in [-0.15, -0.1) is 0 Å². The molecule has 0 aromatic heterocycles. The second-order valence-electron chi connectivity index (χ2n) is 6.04. The summed E-state index contributed by atoms with van der Waals surface area (Å²) in [7, 11) is 0. The number of hydrogen-bond acceptors (Lipinski definition) is 3. The fraction of sp³-hybridized carbons (Fsp3) is 0.381. The third-order valence-electron chi connectivity index (χ3n) is 3.87. The van der Waals surface area contributed by atoms with E-state index in [4.69, 9.17) is 4.74 Å². The summed E-state index contributed by atoms with van der Waals surface area (Å²) in [4.78, 5) is 0. The summed E-state index contributed by atoms with van der Waals surface area (Å²) in [5.41, 5.74) is 6.26. The van der Waals surface area contributed by atoms with Crippen LogP contribution in [0, 0.1) is 6.92 Å². The highest BCUT2D eigenvalue weighted by Crippen LogP contribution is 2.17. The van der Waals surface area contributed by atoms with Crippen molar-refractivity contribution in [3.8, 4) is 5.75 Å². The molecular weight excluding hydrogens is 296 g/mol. The summed E-state index contributed by atoms with van der Waals surface area (Å²) in [6.45, 7) is 5.07. The van der Waals surface area contributed by atoms with E-state index in [1.807, 2.05) is 42.6 Å². The van der Waals surface area contributed by atoms with Crippen molar-refractivity contribution in [2.24, 2.45) is 5.10 Å². The predicted molar refractivity (Wildman–Crippen MR) is 103 cm³/mol. The molecule has 0 atom stereocenters. The predicted octanol–water partition coefficient (Wildman–Crippen LogP) is 5.79. The Hall–Kier alpha value is -2.29. The first-order chi connectivity index (χ1) is 11.8. The molecular formula is C21H28N2O. The minimum Gasteiger partial charge on any atom is -0.493 e. The Morgan fingerprint density at radius 1 is 0.958 bits per heavy atom. The van der Waals surface area contributed by atoms with Gasteiger partial charge in [0.2, 0.25) is 0 Å². The van der Waals surface area contributed by atoms with Gasteiger partial charge in [-0.1, -0.05) is 62.4 Å². The van der Waals surface area contributed by atoms with Crippen LogP contribution in [0.5, 0.6) is 5.75 Å². The van der Waals surface area contributed by atoms with Crippen molar-refractivity contribution in [3.05, 3.63) is 59.7 Å². The standard InChI is InChI=1S/C21H28N2O/c1-3-4-5-6-9-16-24-21-11-8-7-10-19(21)17-22-23-20-14-12-18(2)13-15-20/h7-8,10-15,17,23H,3-6,9,16H2,1-2H3/b22-17+. The molecule has 0 heterocycles. The molecule has 0 spiro atoms. The number of unbranched alkanes of at least 4 members (excludes halogenated alkanes) is 4. The summed E-state index contributed by atoms with van der Waals surface area (Å²) in [6, 6.07) is 16.2. The van der Waals surface area contributed by atoms with Crippen molar-refractivity contribution in [2.75, 3.05) is 12.0 Å². The molecule has 0 aliphatic rings. The molecule has 3 nitrogen and oxygen atoms in total. The number of anilines is 1. The average Bonchev–Trinajstić information content (AvgIpc) is 2.61. The minimum atomic E-state index is 0.764. The van der Waals surface area contributed by atoms with E-state index in [0.717, 1.165) is 30.0 Å². The van der Waals surface area contributed by atoms with Crippen LogP contribution in [-0.4, -0.2) is 12.8 Å². The van der Waals surface area contributed by atoms with Gasteiger partial charge >= 0.3 is 0 Å². The van der Waals surface area contributed by atoms with Crippen LogP contribution in [0.2, 0.25) is 0 Å². The second-order valence-corrected chi connectivity index (χ2v) is 6.04. The fourth-order valence-electron chi connectivity index (χ4n) is 2.41. The number of nitrogens with one attached hydrogen (secondary N) is 1. The van der Waals surface area contributed by atoms with E-state index in [0.29, 0.717) is 0 Å². The average molecular weight is 324 g/mol. The number of ether oxygens (including phenoxy) is 1. The summed E-state index contributed by atoms with van der Waals surface area (Å²) >= 11 is 0. The Bertz CT molecular complexity index is 620. The normalized spacial score (nSPS) is 10.9. The Morgan fingerprint density at radius 3 is 2.50 bits per heavy atom. The van der Waals surface area contributed by atoms with Crippen molar-refractivity contribution >= 4 is 11.9 Å². The SMILES string of the molecule is CCCCCCCOc1ccccc1/C=N/Nc1ccc(C)cc1. The molecule has 0 saturated carbocycles. The monoisotopic (exact) mass is 324 g/mol. The van der Waals surface area contributed by atoms with Gasteiger partial charge in [-0.05, 0) is 37.6 Å². The molecule has 2 rings (SSSR count). The molecule has 24 heavy (non-hydrogen) atoms. The number of nitrogens with zero attached hydrogens (tertiary/aromatic N) is 1. The third-order valence-corrected chi connectivity index (χ3v) is 3.87. The van der Waals surface area contributed by atoms with E-state index in [-0.39, 0.29) is 0 Å². The zero-order valence-electron chi connectivity index (χ0n) is 14.8. The third kappa shape index (κ3) is 6.45. The second kappa shape index (κ2) is 10.5. The maximum Gasteiger partial charge on any atom is 0.128 e. The van der Waals surface area contributed by atoms with Crippen LogP contribution >= 0.6 is 0 Å². The first-order valence-corrected chi connectivity index (χ1v) is 8.87. The highest BCUT2D eigenvalue weighted by atomic mass is 16.5. The van der Waals surface area contributed by atoms with Crippen molar-refractivity contribution in [1.82, 2.24) is 0 Å². The minimum absolute atomic E-state index is 0.764. The Labute approximate surface area is 145 Å². The summed E-state index contributed by atoms with van der Waals surface area (Å²) in [6.07, 6.45) is 8.03. The number of hydrazone groups is 1. The molecule has 1 N–H and O–H groups in total. The van der Waals surface area contributed by atoms with E-state index in [9.17, 15) is 0 Å². The molecule has 0 aliphatic heterocycles. The van der Waals surface area contributed by atoms with Gasteiger partial charge < -0.3 is 4.74 Å². The zero-order chi connectivity index (χ0) is 17.0. The highest BCUT2D eigenvalue weighted by molar-refractivity contribution is 5.83. The first kappa shape index (κ1) is 18.1. The van der Waals surface area contributed by atoms with Gasteiger partial charge in [0.15, 0.2) is 0 Å². The molecule has 0 saturated heterocycles. The van der Waals surface area contributed by atoms with E-state index in [1.165, 1.54) is 31.2 Å². The smallest absolute Gasteiger partial charge is 0.128 e. The van der Waals surface area contributed by atoms with Crippen molar-refractivity contribution in [1.29, 1.82) is 0 Å². The van der Waals surface area contributed by atoms with Crippen LogP contribution in [0.15, 0.2) is 53.6 Å². The van der Waals surface area contributed by atoms with Gasteiger partial charge in [-0.2, -0.15) is 5.10 Å². The highest BCUT2D eigenvalue weighted by Gasteiger charge is 2.00. The lowest BCUT2D eigenvalue weighted by molar-refractivity contribution is 0.304. The quantitative estimate of drug-likeness (QED) is 0.341. The zero-order valence-corrected chi connectivity index (χ0v) is 14.8. The number of aryl methyl sites for hydroxylation is 1. The van der Waals surface area contributed by atoms with Crippen molar-refractivity contribution in [2.45, 2.75) is 46.0 Å². The fourth-order valence-corrected chi connectivity index (χ4v) is 2.41. The Balaban J connectivity index is 1.83. The van der Waals surface area contributed by atoms with Gasteiger partial charge in [0, 0.05) is 5.56 Å². The van der Waals surface area contributed by atoms with E-state index >= 15 is 0 Å². The van der Waals surface area contributed by atoms with Crippen LogP contribution in [0.4, 0.5) is 5.69 Å². The number of rotatable bonds is 10. The van der Waals surface area contributed by atoms with E-state index < -0.39 is 0 Å². The van der Waals surface area contributed by atoms with Gasteiger partial charge in [0.05, 0.1) is 18.5 Å². The van der Waals surface area contributed by atoms with Gasteiger partial charge in [-0.3, -0.25) is 5.43 Å². The molecule has 0 unspecified atom stereocenters. The van der Waals surface area contributed by atoms with Crippen molar-refractivity contribution in [3.63, 3.8) is 0 Å². The van der Waals surface area contributed by atoms with E-state index in [2.05, 4.69) is 36.5 Å². The summed E-state index contributed by atoms with van der Waals surface area (Å²) < 4.78 is 5.92. The molecule has 0 bridgehead atoms. The molecule has 3 heteroatoms. The lowest BCUT2D eigenvalue weighted by Crippen LogP contribution is -2.00. The van der Waals surface area contributed by atoms with Crippen LogP contribution in [0.3, 0.4) is 0 Å². The van der Waals surface area contributed by atoms with Crippen LogP contribution < -0.4 is 10.2 Å². The first-order valence-electron chi connectivity index (χ1n) is 8.87. The molecule has 128 valence electrons. The Kier molecular flexibility index (Phi) is 7.88. The largest absolute Gasteiger partial charge is 0.493 e. The van der Waals surface area contributed by atoms with Crippen LogP contribution in [-0.2, 0) is 0 Å². The van der Waals surface area contributed by atoms with Crippen LogP contribution in [0.25, 0.3) is 0 Å². The number of para-hydroxylation sites is 1. The maximum absolute atomic E-state index is 5.92. The molecule has 0 amide bonds. The van der Waals surface area contributed by atoms with Crippen molar-refractivity contribution < 1.29 is 4.74 Å². The lowest BCUT2D eigenvalue weighted by Gasteiger charge is -2.09. The van der Waals surface area contributed by atoms with E-state index in [1.54, 1.807) is 0 Å². The summed E-state index contributed by atoms with van der Waals surface area (Å²) in [5.74, 6) is 0.891. The summed E-state index contributed by atoms with van der Waals surface area (Å²) in [5, 5.41) is 4.32. The van der Waals surface area contributed by atoms with Gasteiger partial charge in [0.25, 0.3) is 0 Å². The molecule has 0 aliphatic carbocycles. The molecule has 0 radical (unpaired) electrons. The molecule has 2 aromatic carbocycles. The lowest BCUT2D eigenvalue weighted by atomic mass is 10.2. The number of benzene rings is 2. The molecule has 0 fully saturated rings. The van der Waals surface area contributed by atoms with Gasteiger partial charge in [-0.25, -0.2) is 0 Å². The topological polar surface area (TPSA) is 33.6 Å². The Morgan fingerprint density at radius 2 is 1.71 bits per heavy atom. The maximum atomic E-state index is 5.92. The van der Waals surface area contributed by atoms with Crippen LogP contribution in [0.1, 0.15) is 50.2 Å². The van der Waals surface area contributed by atoms with Gasteiger partial charge in [0.1, 0.15) is 5.75 Å². The number of hydrogen-bond donors (Lipinski definition) is 1. The molecule has 2 aromatic rings.